The monoisotopic (exact) mass is 431 g/mol. The SMILES string of the molecule is CCNC(=O)c1cc(F)c(-c2nc(Nc3ccc4[nH]ncc4c3Cl)n(C)n2)cc1F. The minimum absolute atomic E-state index is 0.0423. The van der Waals surface area contributed by atoms with Crippen LogP contribution in [0.1, 0.15) is 17.3 Å². The summed E-state index contributed by atoms with van der Waals surface area (Å²) < 4.78 is 30.4. The molecule has 0 bridgehead atoms. The smallest absolute Gasteiger partial charge is 0.254 e. The second kappa shape index (κ2) is 7.71. The van der Waals surface area contributed by atoms with Gasteiger partial charge in [0.05, 0.1) is 33.6 Å². The molecule has 0 radical (unpaired) electrons. The average molecular weight is 432 g/mol. The van der Waals surface area contributed by atoms with Crippen LogP contribution in [0.25, 0.3) is 22.3 Å². The first-order valence-corrected chi connectivity index (χ1v) is 9.34. The summed E-state index contributed by atoms with van der Waals surface area (Å²) in [5, 5.41) is 17.5. The number of H-pyrrole nitrogens is 1. The summed E-state index contributed by atoms with van der Waals surface area (Å²) >= 11 is 6.40. The van der Waals surface area contributed by atoms with Crippen molar-refractivity contribution in [2.45, 2.75) is 6.92 Å². The van der Waals surface area contributed by atoms with E-state index < -0.39 is 17.5 Å². The number of benzene rings is 2. The molecule has 30 heavy (non-hydrogen) atoms. The fourth-order valence-electron chi connectivity index (χ4n) is 2.96. The molecule has 8 nitrogen and oxygen atoms in total. The number of aromatic nitrogens is 5. The minimum atomic E-state index is -0.868. The highest BCUT2D eigenvalue weighted by Gasteiger charge is 2.20. The lowest BCUT2D eigenvalue weighted by atomic mass is 10.1. The fraction of sp³-hybridized carbons (Fsp3) is 0.158. The van der Waals surface area contributed by atoms with E-state index in [9.17, 15) is 13.6 Å². The summed E-state index contributed by atoms with van der Waals surface area (Å²) in [6.45, 7) is 1.98. The molecule has 0 atom stereocenters. The van der Waals surface area contributed by atoms with E-state index in [4.69, 9.17) is 11.6 Å². The molecular formula is C19H16ClF2N7O. The fourth-order valence-corrected chi connectivity index (χ4v) is 3.22. The van der Waals surface area contributed by atoms with Gasteiger partial charge in [0.1, 0.15) is 11.6 Å². The molecule has 0 aliphatic rings. The summed E-state index contributed by atoms with van der Waals surface area (Å²) in [5.74, 6) is -2.15. The molecule has 11 heteroatoms. The van der Waals surface area contributed by atoms with Crippen LogP contribution >= 0.6 is 11.6 Å². The molecule has 1 amide bonds. The normalized spacial score (nSPS) is 11.1. The highest BCUT2D eigenvalue weighted by Crippen LogP contribution is 2.32. The van der Waals surface area contributed by atoms with Gasteiger partial charge in [-0.3, -0.25) is 9.89 Å². The van der Waals surface area contributed by atoms with E-state index in [-0.39, 0.29) is 22.9 Å². The summed E-state index contributed by atoms with van der Waals surface area (Å²) in [5.41, 5.74) is 0.771. The van der Waals surface area contributed by atoms with E-state index in [1.54, 1.807) is 32.3 Å². The number of rotatable bonds is 5. The van der Waals surface area contributed by atoms with Gasteiger partial charge in [-0.25, -0.2) is 13.5 Å². The number of nitrogens with zero attached hydrogens (tertiary/aromatic N) is 4. The van der Waals surface area contributed by atoms with Gasteiger partial charge < -0.3 is 10.6 Å². The van der Waals surface area contributed by atoms with Crippen molar-refractivity contribution >= 4 is 40.0 Å². The quantitative estimate of drug-likeness (QED) is 0.446. The number of hydrogen-bond donors (Lipinski definition) is 3. The lowest BCUT2D eigenvalue weighted by molar-refractivity contribution is 0.0951. The Morgan fingerprint density at radius 1 is 1.27 bits per heavy atom. The predicted octanol–water partition coefficient (Wildman–Crippen LogP) is 3.78. The van der Waals surface area contributed by atoms with Crippen LogP contribution in [0.4, 0.5) is 20.4 Å². The lowest BCUT2D eigenvalue weighted by Crippen LogP contribution is -2.24. The topological polar surface area (TPSA) is 101 Å². The van der Waals surface area contributed by atoms with Gasteiger partial charge in [-0.2, -0.15) is 10.1 Å². The molecule has 2 aromatic heterocycles. The maximum absolute atomic E-state index is 14.6. The Bertz CT molecular complexity index is 1270. The third kappa shape index (κ3) is 3.45. The second-order valence-electron chi connectivity index (χ2n) is 6.44. The molecule has 0 aliphatic heterocycles. The number of hydrogen-bond acceptors (Lipinski definition) is 5. The van der Waals surface area contributed by atoms with Gasteiger partial charge in [-0.05, 0) is 31.2 Å². The van der Waals surface area contributed by atoms with Crippen molar-refractivity contribution in [2.24, 2.45) is 7.05 Å². The number of anilines is 2. The molecule has 3 N–H and O–H groups in total. The van der Waals surface area contributed by atoms with Gasteiger partial charge in [0.2, 0.25) is 5.95 Å². The van der Waals surface area contributed by atoms with Crippen LogP contribution in [0, 0.1) is 11.6 Å². The maximum atomic E-state index is 14.6. The van der Waals surface area contributed by atoms with Gasteiger partial charge in [0, 0.05) is 19.0 Å². The van der Waals surface area contributed by atoms with Gasteiger partial charge in [0.15, 0.2) is 5.82 Å². The van der Waals surface area contributed by atoms with Crippen molar-refractivity contribution in [3.05, 3.63) is 52.7 Å². The van der Waals surface area contributed by atoms with E-state index in [1.165, 1.54) is 4.68 Å². The number of carbonyl (C=O) groups is 1. The Morgan fingerprint density at radius 2 is 2.07 bits per heavy atom. The first kappa shape index (κ1) is 19.8. The zero-order valence-electron chi connectivity index (χ0n) is 15.9. The van der Waals surface area contributed by atoms with Crippen LogP contribution in [0.5, 0.6) is 0 Å². The first-order chi connectivity index (χ1) is 14.4. The zero-order valence-corrected chi connectivity index (χ0v) is 16.7. The van der Waals surface area contributed by atoms with Gasteiger partial charge in [-0.1, -0.05) is 11.6 Å². The number of aromatic amines is 1. The van der Waals surface area contributed by atoms with Crippen LogP contribution in [-0.4, -0.2) is 37.4 Å². The molecule has 4 aromatic rings. The molecule has 0 unspecified atom stereocenters. The van der Waals surface area contributed by atoms with Crippen molar-refractivity contribution < 1.29 is 13.6 Å². The van der Waals surface area contributed by atoms with Crippen molar-refractivity contribution in [3.63, 3.8) is 0 Å². The minimum Gasteiger partial charge on any atom is -0.352 e. The molecule has 0 saturated carbocycles. The Hall–Kier alpha value is -3.53. The highest BCUT2D eigenvalue weighted by atomic mass is 35.5. The summed E-state index contributed by atoms with van der Waals surface area (Å²) in [6.07, 6.45) is 1.60. The molecule has 4 rings (SSSR count). The lowest BCUT2D eigenvalue weighted by Gasteiger charge is -2.07. The summed E-state index contributed by atoms with van der Waals surface area (Å²) in [6, 6.07) is 5.27. The Labute approximate surface area is 174 Å². The van der Waals surface area contributed by atoms with E-state index in [0.29, 0.717) is 17.3 Å². The van der Waals surface area contributed by atoms with Gasteiger partial charge in [0.25, 0.3) is 5.91 Å². The number of amides is 1. The molecular weight excluding hydrogens is 416 g/mol. The van der Waals surface area contributed by atoms with E-state index >= 15 is 0 Å². The number of carbonyl (C=O) groups excluding carboxylic acids is 1. The van der Waals surface area contributed by atoms with Crippen molar-refractivity contribution in [1.29, 1.82) is 0 Å². The van der Waals surface area contributed by atoms with Crippen LogP contribution in [-0.2, 0) is 7.05 Å². The Kier molecular flexibility index (Phi) is 5.08. The highest BCUT2D eigenvalue weighted by molar-refractivity contribution is 6.38. The summed E-state index contributed by atoms with van der Waals surface area (Å²) in [4.78, 5) is 16.1. The Morgan fingerprint density at radius 3 is 2.83 bits per heavy atom. The van der Waals surface area contributed by atoms with Crippen molar-refractivity contribution in [2.75, 3.05) is 11.9 Å². The number of nitrogens with one attached hydrogen (secondary N) is 3. The van der Waals surface area contributed by atoms with Crippen molar-refractivity contribution in [1.82, 2.24) is 30.3 Å². The van der Waals surface area contributed by atoms with E-state index in [2.05, 4.69) is 30.9 Å². The maximum Gasteiger partial charge on any atom is 0.254 e. The number of fused-ring (bicyclic) bond motifs is 1. The van der Waals surface area contributed by atoms with Crippen LogP contribution in [0.15, 0.2) is 30.5 Å². The van der Waals surface area contributed by atoms with Crippen molar-refractivity contribution in [3.8, 4) is 11.4 Å². The molecule has 154 valence electrons. The molecule has 0 saturated heterocycles. The van der Waals surface area contributed by atoms with Gasteiger partial charge >= 0.3 is 0 Å². The van der Waals surface area contributed by atoms with E-state index in [0.717, 1.165) is 23.0 Å². The largest absolute Gasteiger partial charge is 0.352 e. The Balaban J connectivity index is 1.68. The third-order valence-electron chi connectivity index (χ3n) is 4.45. The predicted molar refractivity (Wildman–Crippen MR) is 109 cm³/mol. The second-order valence-corrected chi connectivity index (χ2v) is 6.82. The van der Waals surface area contributed by atoms with Gasteiger partial charge in [-0.15, -0.1) is 5.10 Å². The van der Waals surface area contributed by atoms with Crippen LogP contribution < -0.4 is 10.6 Å². The average Bonchev–Trinajstić information content (AvgIpc) is 3.33. The summed E-state index contributed by atoms with van der Waals surface area (Å²) in [7, 11) is 1.60. The first-order valence-electron chi connectivity index (χ1n) is 8.96. The standard InChI is InChI=1S/C19H16ClF2N7O/c1-3-23-18(30)10-7-12(21)9(6-13(10)22)17-26-19(29(2)28-17)25-15-5-4-14-11(16(15)20)8-24-27-14/h4-8H,3H2,1-2H3,(H,23,30)(H,24,27)(H,25,26,28). The zero-order chi connectivity index (χ0) is 21.4. The molecule has 2 aromatic carbocycles. The van der Waals surface area contributed by atoms with E-state index in [1.807, 2.05) is 0 Å². The molecule has 0 fully saturated rings. The third-order valence-corrected chi connectivity index (χ3v) is 4.85. The molecule has 0 aliphatic carbocycles. The van der Waals surface area contributed by atoms with Crippen LogP contribution in [0.3, 0.4) is 0 Å². The van der Waals surface area contributed by atoms with Crippen LogP contribution in [0.2, 0.25) is 5.02 Å². The number of halogens is 3. The number of aryl methyl sites for hydroxylation is 1. The molecule has 2 heterocycles. The molecule has 0 spiro atoms.